The topological polar surface area (TPSA) is 21.7 Å². The van der Waals surface area contributed by atoms with Gasteiger partial charge in [-0.2, -0.15) is 0 Å². The molecule has 0 N–H and O–H groups in total. The van der Waals surface area contributed by atoms with Gasteiger partial charge in [0.1, 0.15) is 0 Å². The first kappa shape index (κ1) is 14.9. The van der Waals surface area contributed by atoms with Crippen LogP contribution < -0.4 is 0 Å². The number of hydrogen-bond donors (Lipinski definition) is 0. The van der Waals surface area contributed by atoms with Crippen LogP contribution in [0, 0.1) is 5.41 Å². The summed E-state index contributed by atoms with van der Waals surface area (Å²) in [7, 11) is 3.94. The van der Waals surface area contributed by atoms with Crippen molar-refractivity contribution in [2.75, 3.05) is 27.3 Å². The minimum atomic E-state index is -0.212. The predicted octanol–water partition coefficient (Wildman–Crippen LogP) is 2.71. The van der Waals surface area contributed by atoms with Crippen molar-refractivity contribution in [1.82, 2.24) is 4.90 Å². The highest BCUT2D eigenvalue weighted by atomic mass is 16.7. The third kappa shape index (κ3) is 8.85. The molecule has 1 atom stereocenters. The van der Waals surface area contributed by atoms with E-state index in [2.05, 4.69) is 27.7 Å². The van der Waals surface area contributed by atoms with E-state index in [4.69, 9.17) is 9.47 Å². The zero-order valence-electron chi connectivity index (χ0n) is 11.2. The van der Waals surface area contributed by atoms with Crippen LogP contribution >= 0.6 is 0 Å². The quantitative estimate of drug-likeness (QED) is 0.483. The molecule has 0 radical (unpaired) electrons. The minimum Gasteiger partial charge on any atom is -0.340 e. The second-order valence-electron chi connectivity index (χ2n) is 5.37. The van der Waals surface area contributed by atoms with E-state index in [0.29, 0.717) is 6.61 Å². The van der Waals surface area contributed by atoms with Crippen LogP contribution in [0.25, 0.3) is 0 Å². The number of ether oxygens (including phenoxy) is 2. The highest BCUT2D eigenvalue weighted by molar-refractivity contribution is 4.59. The number of hydrogen-bond acceptors (Lipinski definition) is 3. The molecule has 1 unspecified atom stereocenters. The van der Waals surface area contributed by atoms with E-state index in [1.54, 1.807) is 0 Å². The molecule has 3 nitrogen and oxygen atoms in total. The molecule has 92 valence electrons. The fourth-order valence-electron chi connectivity index (χ4n) is 0.996. The van der Waals surface area contributed by atoms with Gasteiger partial charge in [-0.25, -0.2) is 0 Å². The fraction of sp³-hybridized carbons (Fsp3) is 1.00. The van der Waals surface area contributed by atoms with E-state index in [1.165, 1.54) is 0 Å². The smallest absolute Gasteiger partial charge is 0.218 e. The second kappa shape index (κ2) is 7.20. The van der Waals surface area contributed by atoms with E-state index in [9.17, 15) is 0 Å². The Morgan fingerprint density at radius 3 is 2.13 bits per heavy atom. The lowest BCUT2D eigenvalue weighted by atomic mass is 9.99. The summed E-state index contributed by atoms with van der Waals surface area (Å²) in [5, 5.41) is 0. The van der Waals surface area contributed by atoms with Gasteiger partial charge < -0.3 is 9.47 Å². The molecule has 0 rings (SSSR count). The summed E-state index contributed by atoms with van der Waals surface area (Å²) in [4.78, 5) is 1.96. The summed E-state index contributed by atoms with van der Waals surface area (Å²) < 4.78 is 11.4. The minimum absolute atomic E-state index is 0.183. The molecule has 0 aromatic heterocycles. The van der Waals surface area contributed by atoms with Crippen LogP contribution in [0.15, 0.2) is 0 Å². The lowest BCUT2D eigenvalue weighted by Gasteiger charge is -2.28. The summed E-state index contributed by atoms with van der Waals surface area (Å²) in [5.41, 5.74) is 0.183. The van der Waals surface area contributed by atoms with Gasteiger partial charge in [-0.1, -0.05) is 34.1 Å². The summed E-state index contributed by atoms with van der Waals surface area (Å²) in [5.74, 6) is 0. The molecule has 0 saturated heterocycles. The first-order valence-electron chi connectivity index (χ1n) is 5.76. The SMILES string of the molecule is CCCCOC(OCC(C)(C)C)N(C)C. The first-order valence-corrected chi connectivity index (χ1v) is 5.76. The van der Waals surface area contributed by atoms with Crippen LogP contribution in [0.2, 0.25) is 0 Å². The third-order valence-electron chi connectivity index (χ3n) is 1.84. The number of rotatable bonds is 7. The molecule has 0 saturated carbocycles. The maximum atomic E-state index is 5.72. The molecule has 3 heteroatoms. The molecule has 0 spiro atoms. The Balaban J connectivity index is 3.84. The van der Waals surface area contributed by atoms with Crippen LogP contribution in [0.3, 0.4) is 0 Å². The van der Waals surface area contributed by atoms with Crippen LogP contribution in [0.4, 0.5) is 0 Å². The lowest BCUT2D eigenvalue weighted by molar-refractivity contribution is -0.221. The van der Waals surface area contributed by atoms with Gasteiger partial charge in [-0.15, -0.1) is 0 Å². The third-order valence-corrected chi connectivity index (χ3v) is 1.84. The Hall–Kier alpha value is -0.120. The molecule has 0 aliphatic rings. The van der Waals surface area contributed by atoms with Crippen molar-refractivity contribution in [2.24, 2.45) is 5.41 Å². The van der Waals surface area contributed by atoms with E-state index in [0.717, 1.165) is 19.4 Å². The van der Waals surface area contributed by atoms with Gasteiger partial charge in [0.05, 0.1) is 13.2 Å². The highest BCUT2D eigenvalue weighted by Gasteiger charge is 2.17. The van der Waals surface area contributed by atoms with E-state index in [1.807, 2.05) is 19.0 Å². The Labute approximate surface area is 94.7 Å². The first-order chi connectivity index (χ1) is 6.87. The molecule has 0 aliphatic carbocycles. The van der Waals surface area contributed by atoms with E-state index < -0.39 is 0 Å². The lowest BCUT2D eigenvalue weighted by Crippen LogP contribution is -2.36. The number of nitrogens with zero attached hydrogens (tertiary/aromatic N) is 1. The molecule has 0 amide bonds. The summed E-state index contributed by atoms with van der Waals surface area (Å²) >= 11 is 0. The normalized spacial score (nSPS) is 14.6. The summed E-state index contributed by atoms with van der Waals surface area (Å²) in [6.07, 6.45) is 2.03. The molecule has 0 aliphatic heterocycles. The average Bonchev–Trinajstić information content (AvgIpc) is 2.08. The molecular weight excluding hydrogens is 190 g/mol. The Bertz CT molecular complexity index is 152. The molecule has 15 heavy (non-hydrogen) atoms. The van der Waals surface area contributed by atoms with Crippen LogP contribution in [-0.2, 0) is 9.47 Å². The molecule has 0 aromatic carbocycles. The summed E-state index contributed by atoms with van der Waals surface area (Å²) in [6, 6.07) is 0. The zero-order chi connectivity index (χ0) is 11.9. The monoisotopic (exact) mass is 217 g/mol. The van der Waals surface area contributed by atoms with Crippen molar-refractivity contribution in [1.29, 1.82) is 0 Å². The van der Waals surface area contributed by atoms with Gasteiger partial charge in [0, 0.05) is 0 Å². The largest absolute Gasteiger partial charge is 0.340 e. The standard InChI is InChI=1S/C12H27NO2/c1-7-8-9-14-11(13(5)6)15-10-12(2,3)4/h11H,7-10H2,1-6H3. The van der Waals surface area contributed by atoms with Crippen LogP contribution in [0.5, 0.6) is 0 Å². The average molecular weight is 217 g/mol. The van der Waals surface area contributed by atoms with Crippen LogP contribution in [0.1, 0.15) is 40.5 Å². The fourth-order valence-corrected chi connectivity index (χ4v) is 0.996. The van der Waals surface area contributed by atoms with Crippen molar-refractivity contribution in [3.8, 4) is 0 Å². The molecule has 0 aromatic rings. The highest BCUT2D eigenvalue weighted by Crippen LogP contribution is 2.15. The van der Waals surface area contributed by atoms with Gasteiger partial charge in [0.2, 0.25) is 6.41 Å². The summed E-state index contributed by atoms with van der Waals surface area (Å²) in [6.45, 7) is 10.1. The maximum absolute atomic E-state index is 5.72. The van der Waals surface area contributed by atoms with Crippen molar-refractivity contribution in [3.63, 3.8) is 0 Å². The van der Waals surface area contributed by atoms with Crippen molar-refractivity contribution >= 4 is 0 Å². The van der Waals surface area contributed by atoms with Gasteiger partial charge >= 0.3 is 0 Å². The Morgan fingerprint density at radius 1 is 1.13 bits per heavy atom. The van der Waals surface area contributed by atoms with Gasteiger partial charge in [-0.05, 0) is 25.9 Å². The van der Waals surface area contributed by atoms with Crippen molar-refractivity contribution in [3.05, 3.63) is 0 Å². The van der Waals surface area contributed by atoms with E-state index in [-0.39, 0.29) is 11.8 Å². The van der Waals surface area contributed by atoms with Gasteiger partial charge in [0.15, 0.2) is 0 Å². The van der Waals surface area contributed by atoms with Crippen molar-refractivity contribution < 1.29 is 9.47 Å². The van der Waals surface area contributed by atoms with Crippen molar-refractivity contribution in [2.45, 2.75) is 47.0 Å². The predicted molar refractivity (Wildman–Crippen MR) is 63.7 cm³/mol. The van der Waals surface area contributed by atoms with Gasteiger partial charge in [0.25, 0.3) is 0 Å². The zero-order valence-corrected chi connectivity index (χ0v) is 11.2. The van der Waals surface area contributed by atoms with E-state index >= 15 is 0 Å². The molecular formula is C12H27NO2. The Kier molecular flexibility index (Phi) is 7.14. The Morgan fingerprint density at radius 2 is 1.73 bits per heavy atom. The second-order valence-corrected chi connectivity index (χ2v) is 5.37. The number of unbranched alkanes of at least 4 members (excludes halogenated alkanes) is 1. The molecule has 0 heterocycles. The maximum Gasteiger partial charge on any atom is 0.218 e. The van der Waals surface area contributed by atoms with Gasteiger partial charge in [-0.3, -0.25) is 4.90 Å². The molecule has 0 bridgehead atoms. The molecule has 0 fully saturated rings. The van der Waals surface area contributed by atoms with Crippen LogP contribution in [-0.4, -0.2) is 38.6 Å².